The fraction of sp³-hybridized carbons (Fsp3) is 0. The molecule has 8 aromatic rings. The number of para-hydroxylation sites is 2. The standard InChI is InChI=1S/C40H27NO/c1-3-10-28(11-4-1)30-12-9-13-31(24-30)29-18-21-35(22-19-29)41(34-14-5-2-6-15-34)36-23-20-32-27-40-38(26-33(32)25-36)37-16-7-8-17-39(37)42-40/h1-27H. The van der Waals surface area contributed by atoms with Gasteiger partial charge in [-0.15, -0.1) is 0 Å². The summed E-state index contributed by atoms with van der Waals surface area (Å²) in [6.07, 6.45) is 0. The Morgan fingerprint density at radius 1 is 0.333 bits per heavy atom. The molecule has 0 saturated carbocycles. The lowest BCUT2D eigenvalue weighted by Gasteiger charge is -2.26. The van der Waals surface area contributed by atoms with E-state index in [2.05, 4.69) is 157 Å². The first kappa shape index (κ1) is 24.2. The summed E-state index contributed by atoms with van der Waals surface area (Å²) < 4.78 is 6.15. The quantitative estimate of drug-likeness (QED) is 0.217. The van der Waals surface area contributed by atoms with Crippen molar-refractivity contribution in [3.8, 4) is 22.3 Å². The normalized spacial score (nSPS) is 11.3. The van der Waals surface area contributed by atoms with E-state index < -0.39 is 0 Å². The molecule has 0 spiro atoms. The van der Waals surface area contributed by atoms with Crippen LogP contribution in [0.4, 0.5) is 17.1 Å². The Hall–Kier alpha value is -5.60. The van der Waals surface area contributed by atoms with Crippen LogP contribution in [0, 0.1) is 0 Å². The average molecular weight is 538 g/mol. The number of rotatable bonds is 5. The minimum atomic E-state index is 0.920. The van der Waals surface area contributed by atoms with E-state index in [1.165, 1.54) is 27.6 Å². The summed E-state index contributed by atoms with van der Waals surface area (Å²) in [6.45, 7) is 0. The molecule has 8 rings (SSSR count). The van der Waals surface area contributed by atoms with Crippen LogP contribution in [-0.4, -0.2) is 0 Å². The maximum atomic E-state index is 6.15. The zero-order chi connectivity index (χ0) is 27.9. The van der Waals surface area contributed by atoms with Crippen LogP contribution >= 0.6 is 0 Å². The Morgan fingerprint density at radius 3 is 1.74 bits per heavy atom. The Kier molecular flexibility index (Phi) is 5.82. The van der Waals surface area contributed by atoms with Crippen molar-refractivity contribution >= 4 is 49.8 Å². The minimum Gasteiger partial charge on any atom is -0.456 e. The third-order valence-corrected chi connectivity index (χ3v) is 8.02. The molecule has 0 fully saturated rings. The summed E-state index contributed by atoms with van der Waals surface area (Å²) in [5, 5.41) is 4.63. The molecule has 1 heterocycles. The number of hydrogen-bond acceptors (Lipinski definition) is 2. The lowest BCUT2D eigenvalue weighted by atomic mass is 9.99. The van der Waals surface area contributed by atoms with Gasteiger partial charge in [0.05, 0.1) is 0 Å². The van der Waals surface area contributed by atoms with Crippen LogP contribution < -0.4 is 4.90 Å². The zero-order valence-electron chi connectivity index (χ0n) is 22.9. The van der Waals surface area contributed by atoms with E-state index >= 15 is 0 Å². The lowest BCUT2D eigenvalue weighted by molar-refractivity contribution is 0.669. The van der Waals surface area contributed by atoms with Gasteiger partial charge in [-0.25, -0.2) is 0 Å². The summed E-state index contributed by atoms with van der Waals surface area (Å²) in [4.78, 5) is 2.32. The second kappa shape index (κ2) is 10.1. The number of benzene rings is 7. The van der Waals surface area contributed by atoms with Crippen LogP contribution in [-0.2, 0) is 0 Å². The van der Waals surface area contributed by atoms with Crippen LogP contribution in [0.3, 0.4) is 0 Å². The molecule has 0 aliphatic heterocycles. The molecular weight excluding hydrogens is 510 g/mol. The predicted octanol–water partition coefficient (Wildman–Crippen LogP) is 11.5. The molecule has 0 atom stereocenters. The summed E-state index contributed by atoms with van der Waals surface area (Å²) in [5.74, 6) is 0. The van der Waals surface area contributed by atoms with E-state index in [1.807, 2.05) is 12.1 Å². The molecule has 0 saturated heterocycles. The van der Waals surface area contributed by atoms with E-state index in [0.29, 0.717) is 0 Å². The molecule has 0 unspecified atom stereocenters. The van der Waals surface area contributed by atoms with Crippen molar-refractivity contribution in [3.05, 3.63) is 164 Å². The van der Waals surface area contributed by atoms with Crippen molar-refractivity contribution in [2.24, 2.45) is 0 Å². The second-order valence-electron chi connectivity index (χ2n) is 10.6. The van der Waals surface area contributed by atoms with Gasteiger partial charge < -0.3 is 9.32 Å². The maximum absolute atomic E-state index is 6.15. The molecule has 0 amide bonds. The second-order valence-corrected chi connectivity index (χ2v) is 10.6. The van der Waals surface area contributed by atoms with Gasteiger partial charge in [-0.3, -0.25) is 0 Å². The van der Waals surface area contributed by atoms with Gasteiger partial charge in [-0.1, -0.05) is 103 Å². The highest BCUT2D eigenvalue weighted by Crippen LogP contribution is 2.39. The summed E-state index contributed by atoms with van der Waals surface area (Å²) in [5.41, 5.74) is 10.0. The minimum absolute atomic E-state index is 0.920. The SMILES string of the molecule is c1ccc(-c2cccc(-c3ccc(N(c4ccccc4)c4ccc5cc6oc7ccccc7c6cc5c4)cc3)c2)cc1. The third kappa shape index (κ3) is 4.31. The zero-order valence-corrected chi connectivity index (χ0v) is 22.9. The summed E-state index contributed by atoms with van der Waals surface area (Å²) in [6, 6.07) is 58.1. The molecule has 2 nitrogen and oxygen atoms in total. The van der Waals surface area contributed by atoms with Crippen LogP contribution in [0.1, 0.15) is 0 Å². The number of furan rings is 1. The van der Waals surface area contributed by atoms with Crippen LogP contribution in [0.25, 0.3) is 55.0 Å². The van der Waals surface area contributed by atoms with Gasteiger partial charge in [0, 0.05) is 27.8 Å². The molecule has 0 bridgehead atoms. The molecular formula is C40H27NO. The number of fused-ring (bicyclic) bond motifs is 4. The van der Waals surface area contributed by atoms with Gasteiger partial charge in [0.2, 0.25) is 0 Å². The smallest absolute Gasteiger partial charge is 0.136 e. The number of anilines is 3. The number of hydrogen-bond donors (Lipinski definition) is 0. The van der Waals surface area contributed by atoms with Gasteiger partial charge in [0.1, 0.15) is 11.2 Å². The van der Waals surface area contributed by atoms with Crippen molar-refractivity contribution < 1.29 is 4.42 Å². The predicted molar refractivity (Wildman–Crippen MR) is 177 cm³/mol. The Labute approximate surface area is 244 Å². The molecule has 7 aromatic carbocycles. The van der Waals surface area contributed by atoms with Gasteiger partial charge in [-0.05, 0) is 93.7 Å². The topological polar surface area (TPSA) is 16.4 Å². The first-order valence-electron chi connectivity index (χ1n) is 14.3. The first-order chi connectivity index (χ1) is 20.8. The highest BCUT2D eigenvalue weighted by Gasteiger charge is 2.15. The van der Waals surface area contributed by atoms with Crippen molar-refractivity contribution in [1.82, 2.24) is 0 Å². The highest BCUT2D eigenvalue weighted by molar-refractivity contribution is 6.10. The first-order valence-corrected chi connectivity index (χ1v) is 14.3. The van der Waals surface area contributed by atoms with E-state index in [0.717, 1.165) is 44.4 Å². The monoisotopic (exact) mass is 537 g/mol. The third-order valence-electron chi connectivity index (χ3n) is 8.02. The molecule has 2 heteroatoms. The van der Waals surface area contributed by atoms with Crippen molar-refractivity contribution in [3.63, 3.8) is 0 Å². The average Bonchev–Trinajstić information content (AvgIpc) is 3.42. The van der Waals surface area contributed by atoms with Crippen molar-refractivity contribution in [2.45, 2.75) is 0 Å². The fourth-order valence-electron chi connectivity index (χ4n) is 5.93. The van der Waals surface area contributed by atoms with Crippen LogP contribution in [0.2, 0.25) is 0 Å². The Morgan fingerprint density at radius 2 is 0.952 bits per heavy atom. The van der Waals surface area contributed by atoms with E-state index in [-0.39, 0.29) is 0 Å². The molecule has 1 aromatic heterocycles. The largest absolute Gasteiger partial charge is 0.456 e. The van der Waals surface area contributed by atoms with E-state index in [4.69, 9.17) is 4.42 Å². The Bertz CT molecular complexity index is 2180. The van der Waals surface area contributed by atoms with Gasteiger partial charge in [-0.2, -0.15) is 0 Å². The maximum Gasteiger partial charge on any atom is 0.136 e. The Balaban J connectivity index is 1.21. The molecule has 0 N–H and O–H groups in total. The van der Waals surface area contributed by atoms with E-state index in [1.54, 1.807) is 0 Å². The van der Waals surface area contributed by atoms with Crippen LogP contribution in [0.15, 0.2) is 168 Å². The summed E-state index contributed by atoms with van der Waals surface area (Å²) in [7, 11) is 0. The van der Waals surface area contributed by atoms with Gasteiger partial charge in [0.15, 0.2) is 0 Å². The molecule has 0 aliphatic rings. The fourth-order valence-corrected chi connectivity index (χ4v) is 5.93. The van der Waals surface area contributed by atoms with Gasteiger partial charge >= 0.3 is 0 Å². The molecule has 198 valence electrons. The lowest BCUT2D eigenvalue weighted by Crippen LogP contribution is -2.09. The molecule has 0 radical (unpaired) electrons. The van der Waals surface area contributed by atoms with Crippen molar-refractivity contribution in [1.29, 1.82) is 0 Å². The van der Waals surface area contributed by atoms with E-state index in [9.17, 15) is 0 Å². The number of nitrogens with zero attached hydrogens (tertiary/aromatic N) is 1. The summed E-state index contributed by atoms with van der Waals surface area (Å²) >= 11 is 0. The molecule has 0 aliphatic carbocycles. The highest BCUT2D eigenvalue weighted by atomic mass is 16.3. The van der Waals surface area contributed by atoms with Gasteiger partial charge in [0.25, 0.3) is 0 Å². The van der Waals surface area contributed by atoms with Crippen LogP contribution in [0.5, 0.6) is 0 Å². The van der Waals surface area contributed by atoms with Crippen molar-refractivity contribution in [2.75, 3.05) is 4.90 Å². The molecule has 42 heavy (non-hydrogen) atoms.